The van der Waals surface area contributed by atoms with Gasteiger partial charge in [0.2, 0.25) is 0 Å². The van der Waals surface area contributed by atoms with Crippen molar-refractivity contribution in [1.82, 2.24) is 20.0 Å². The molecule has 0 aliphatic rings. The van der Waals surface area contributed by atoms with Crippen LogP contribution in [0.5, 0.6) is 0 Å². The van der Waals surface area contributed by atoms with E-state index >= 15 is 0 Å². The monoisotopic (exact) mass is 236 g/mol. The Labute approximate surface area is 94.1 Å². The third-order valence-corrected chi connectivity index (χ3v) is 3.18. The lowest BCUT2D eigenvalue weighted by Crippen LogP contribution is -1.94. The summed E-state index contributed by atoms with van der Waals surface area (Å²) in [6.45, 7) is 0. The van der Waals surface area contributed by atoms with Crippen LogP contribution in [-0.4, -0.2) is 20.0 Å². The molecule has 3 aromatic rings. The number of hydrogen-bond donors (Lipinski definition) is 0. The molecule has 0 saturated heterocycles. The fourth-order valence-corrected chi connectivity index (χ4v) is 2.31. The lowest BCUT2D eigenvalue weighted by Gasteiger charge is -1.94. The highest BCUT2D eigenvalue weighted by Crippen LogP contribution is 2.25. The first kappa shape index (κ1) is 8.82. The van der Waals surface area contributed by atoms with Gasteiger partial charge in [-0.05, 0) is 24.3 Å². The SMILES string of the molecule is Clc1ccc(-n2nnc3cccnc32)s1. The summed E-state index contributed by atoms with van der Waals surface area (Å²) in [5.41, 5.74) is 1.53. The van der Waals surface area contributed by atoms with Gasteiger partial charge in [-0.2, -0.15) is 4.68 Å². The van der Waals surface area contributed by atoms with Crippen molar-refractivity contribution in [3.05, 3.63) is 34.8 Å². The van der Waals surface area contributed by atoms with Crippen molar-refractivity contribution in [3.63, 3.8) is 0 Å². The van der Waals surface area contributed by atoms with Gasteiger partial charge in [-0.25, -0.2) is 4.98 Å². The maximum absolute atomic E-state index is 5.87. The molecule has 4 nitrogen and oxygen atoms in total. The fourth-order valence-electron chi connectivity index (χ4n) is 1.33. The van der Waals surface area contributed by atoms with Crippen molar-refractivity contribution in [2.75, 3.05) is 0 Å². The molecule has 0 unspecified atom stereocenters. The Morgan fingerprint density at radius 1 is 1.27 bits per heavy atom. The predicted molar refractivity (Wildman–Crippen MR) is 59.5 cm³/mol. The molecule has 0 aromatic carbocycles. The van der Waals surface area contributed by atoms with Gasteiger partial charge in [-0.1, -0.05) is 16.8 Å². The van der Waals surface area contributed by atoms with Crippen LogP contribution in [-0.2, 0) is 0 Å². The predicted octanol–water partition coefficient (Wildman–Crippen LogP) is 2.53. The molecule has 0 saturated carbocycles. The van der Waals surface area contributed by atoms with E-state index in [-0.39, 0.29) is 0 Å². The average Bonchev–Trinajstić information content (AvgIpc) is 2.83. The highest BCUT2D eigenvalue weighted by atomic mass is 35.5. The fraction of sp³-hybridized carbons (Fsp3) is 0. The smallest absolute Gasteiger partial charge is 0.184 e. The first-order valence-corrected chi connectivity index (χ1v) is 5.46. The zero-order valence-electron chi connectivity index (χ0n) is 7.46. The standard InChI is InChI=1S/C9H5ClN4S/c10-7-3-4-8(15-7)14-9-6(12-13-14)2-1-5-11-9/h1-5H. The van der Waals surface area contributed by atoms with E-state index in [1.54, 1.807) is 10.9 Å². The minimum absolute atomic E-state index is 0.726. The van der Waals surface area contributed by atoms with Gasteiger partial charge in [0, 0.05) is 6.20 Å². The normalized spacial score (nSPS) is 11.0. The molecule has 3 rings (SSSR count). The quantitative estimate of drug-likeness (QED) is 0.652. The summed E-state index contributed by atoms with van der Waals surface area (Å²) >= 11 is 7.31. The number of pyridine rings is 1. The van der Waals surface area contributed by atoms with Gasteiger partial charge < -0.3 is 0 Å². The van der Waals surface area contributed by atoms with Gasteiger partial charge >= 0.3 is 0 Å². The molecule has 74 valence electrons. The number of aromatic nitrogens is 4. The van der Waals surface area contributed by atoms with E-state index < -0.39 is 0 Å². The average molecular weight is 237 g/mol. The van der Waals surface area contributed by atoms with Crippen molar-refractivity contribution in [1.29, 1.82) is 0 Å². The van der Waals surface area contributed by atoms with Crippen LogP contribution in [0.4, 0.5) is 0 Å². The molecule has 3 heterocycles. The number of halogens is 1. The zero-order valence-corrected chi connectivity index (χ0v) is 9.03. The number of hydrogen-bond acceptors (Lipinski definition) is 4. The molecule has 0 bridgehead atoms. The van der Waals surface area contributed by atoms with Crippen molar-refractivity contribution >= 4 is 34.1 Å². The van der Waals surface area contributed by atoms with Crippen molar-refractivity contribution in [2.24, 2.45) is 0 Å². The maximum Gasteiger partial charge on any atom is 0.184 e. The van der Waals surface area contributed by atoms with Gasteiger partial charge in [0.15, 0.2) is 5.65 Å². The largest absolute Gasteiger partial charge is 0.235 e. The topological polar surface area (TPSA) is 43.6 Å². The third kappa shape index (κ3) is 1.40. The van der Waals surface area contributed by atoms with E-state index in [1.807, 2.05) is 24.3 Å². The van der Waals surface area contributed by atoms with Crippen LogP contribution >= 0.6 is 22.9 Å². The van der Waals surface area contributed by atoms with Crippen LogP contribution in [0.25, 0.3) is 16.2 Å². The number of fused-ring (bicyclic) bond motifs is 1. The summed E-state index contributed by atoms with van der Waals surface area (Å²) in [6, 6.07) is 7.44. The lowest BCUT2D eigenvalue weighted by molar-refractivity contribution is 0.829. The highest BCUT2D eigenvalue weighted by Gasteiger charge is 2.08. The van der Waals surface area contributed by atoms with Crippen molar-refractivity contribution < 1.29 is 0 Å². The van der Waals surface area contributed by atoms with E-state index in [0.717, 1.165) is 20.5 Å². The second kappa shape index (κ2) is 3.29. The number of rotatable bonds is 1. The van der Waals surface area contributed by atoms with Crippen molar-refractivity contribution in [3.8, 4) is 5.00 Å². The van der Waals surface area contributed by atoms with Crippen LogP contribution in [0.2, 0.25) is 4.34 Å². The van der Waals surface area contributed by atoms with Crippen LogP contribution in [0.1, 0.15) is 0 Å². The maximum atomic E-state index is 5.87. The summed E-state index contributed by atoms with van der Waals surface area (Å²) in [5.74, 6) is 0. The molecule has 3 aromatic heterocycles. The first-order valence-electron chi connectivity index (χ1n) is 4.27. The highest BCUT2D eigenvalue weighted by molar-refractivity contribution is 7.18. The third-order valence-electron chi connectivity index (χ3n) is 1.98. The molecular weight excluding hydrogens is 232 g/mol. The molecular formula is C9H5ClN4S. The molecule has 0 atom stereocenters. The molecule has 0 amide bonds. The molecule has 0 N–H and O–H groups in total. The second-order valence-corrected chi connectivity index (χ2v) is 4.62. The van der Waals surface area contributed by atoms with E-state index in [4.69, 9.17) is 11.6 Å². The van der Waals surface area contributed by atoms with Gasteiger partial charge in [0.1, 0.15) is 10.5 Å². The molecule has 0 fully saturated rings. The second-order valence-electron chi connectivity index (χ2n) is 2.93. The molecule has 0 spiro atoms. The van der Waals surface area contributed by atoms with E-state index in [0.29, 0.717) is 0 Å². The first-order chi connectivity index (χ1) is 7.34. The van der Waals surface area contributed by atoms with E-state index in [9.17, 15) is 0 Å². The van der Waals surface area contributed by atoms with Gasteiger partial charge in [-0.15, -0.1) is 16.4 Å². The van der Waals surface area contributed by atoms with E-state index in [1.165, 1.54) is 11.3 Å². The van der Waals surface area contributed by atoms with Crippen LogP contribution in [0.3, 0.4) is 0 Å². The Hall–Kier alpha value is -1.46. The van der Waals surface area contributed by atoms with Crippen molar-refractivity contribution in [2.45, 2.75) is 0 Å². The summed E-state index contributed by atoms with van der Waals surface area (Å²) in [5, 5.41) is 8.97. The summed E-state index contributed by atoms with van der Waals surface area (Å²) in [6.07, 6.45) is 1.72. The number of thiophene rings is 1. The summed E-state index contributed by atoms with van der Waals surface area (Å²) in [7, 11) is 0. The molecule has 6 heteroatoms. The molecule has 15 heavy (non-hydrogen) atoms. The van der Waals surface area contributed by atoms with Crippen LogP contribution in [0, 0.1) is 0 Å². The lowest BCUT2D eigenvalue weighted by atomic mass is 10.4. The zero-order chi connectivity index (χ0) is 10.3. The van der Waals surface area contributed by atoms with Gasteiger partial charge in [-0.3, -0.25) is 0 Å². The summed E-state index contributed by atoms with van der Waals surface area (Å²) in [4.78, 5) is 4.23. The Bertz CT molecular complexity index is 615. The minimum atomic E-state index is 0.726. The van der Waals surface area contributed by atoms with Gasteiger partial charge in [0.25, 0.3) is 0 Å². The van der Waals surface area contributed by atoms with Crippen LogP contribution < -0.4 is 0 Å². The minimum Gasteiger partial charge on any atom is -0.235 e. The Kier molecular flexibility index (Phi) is 1.93. The number of nitrogens with zero attached hydrogens (tertiary/aromatic N) is 4. The Balaban J connectivity index is 2.27. The Morgan fingerprint density at radius 2 is 2.20 bits per heavy atom. The molecule has 0 radical (unpaired) electrons. The summed E-state index contributed by atoms with van der Waals surface area (Å²) < 4.78 is 2.41. The van der Waals surface area contributed by atoms with Crippen LogP contribution in [0.15, 0.2) is 30.5 Å². The molecule has 0 aliphatic heterocycles. The molecule has 0 aliphatic carbocycles. The van der Waals surface area contributed by atoms with Gasteiger partial charge in [0.05, 0.1) is 4.34 Å². The van der Waals surface area contributed by atoms with E-state index in [2.05, 4.69) is 15.3 Å². The Morgan fingerprint density at radius 3 is 3.00 bits per heavy atom.